The van der Waals surface area contributed by atoms with Gasteiger partial charge in [0.25, 0.3) is 0 Å². The third kappa shape index (κ3) is 2.15. The van der Waals surface area contributed by atoms with Crippen LogP contribution in [-0.4, -0.2) is 24.7 Å². The highest BCUT2D eigenvalue weighted by Crippen LogP contribution is 2.30. The van der Waals surface area contributed by atoms with Gasteiger partial charge in [-0.15, -0.1) is 0 Å². The molecule has 16 heavy (non-hydrogen) atoms. The summed E-state index contributed by atoms with van der Waals surface area (Å²) >= 11 is 6.17. The Morgan fingerprint density at radius 3 is 2.94 bits per heavy atom. The lowest BCUT2D eigenvalue weighted by Gasteiger charge is -2.37. The second-order valence-electron chi connectivity index (χ2n) is 3.80. The average Bonchev–Trinajstić information content (AvgIpc) is 2.29. The van der Waals surface area contributed by atoms with E-state index in [1.54, 1.807) is 0 Å². The van der Waals surface area contributed by atoms with Gasteiger partial charge in [-0.25, -0.2) is 0 Å². The third-order valence-corrected chi connectivity index (χ3v) is 3.11. The maximum atomic E-state index is 6.17. The molecule has 1 aromatic carbocycles. The Labute approximate surface area is 100 Å². The maximum absolute atomic E-state index is 6.17. The van der Waals surface area contributed by atoms with Crippen LogP contribution in [-0.2, 0) is 4.74 Å². The average molecular weight is 239 g/mol. The fourth-order valence-electron chi connectivity index (χ4n) is 1.95. The van der Waals surface area contributed by atoms with Crippen LogP contribution in [0.1, 0.15) is 11.6 Å². The molecule has 0 aliphatic carbocycles. The summed E-state index contributed by atoms with van der Waals surface area (Å²) in [5.74, 6) is 0.563. The van der Waals surface area contributed by atoms with E-state index in [1.165, 1.54) is 0 Å². The largest absolute Gasteiger partial charge is 0.386 e. The van der Waals surface area contributed by atoms with Crippen LogP contribution in [0.2, 0.25) is 5.02 Å². The van der Waals surface area contributed by atoms with E-state index in [1.807, 2.05) is 29.2 Å². The van der Waals surface area contributed by atoms with Gasteiger partial charge in [0, 0.05) is 11.6 Å². The number of rotatable bonds is 2. The van der Waals surface area contributed by atoms with E-state index in [2.05, 4.69) is 6.58 Å². The molecule has 1 aromatic rings. The molecule has 2 N–H and O–H groups in total. The normalized spacial score (nSPS) is 20.8. The molecule has 1 saturated heterocycles. The Morgan fingerprint density at radius 2 is 2.25 bits per heavy atom. The molecule has 1 atom stereocenters. The van der Waals surface area contributed by atoms with Crippen molar-refractivity contribution in [3.8, 4) is 0 Å². The molecule has 1 aliphatic rings. The van der Waals surface area contributed by atoms with E-state index in [0.717, 1.165) is 17.1 Å². The minimum absolute atomic E-state index is 0.0694. The van der Waals surface area contributed by atoms with Crippen LogP contribution in [0.3, 0.4) is 0 Å². The number of benzene rings is 1. The fraction of sp³-hybridized carbons (Fsp3) is 0.333. The SMILES string of the molecule is C=C(N)N1CCOCC1c1ccccc1Cl. The lowest BCUT2D eigenvalue weighted by Crippen LogP contribution is -2.40. The smallest absolute Gasteiger partial charge is 0.0919 e. The molecule has 1 unspecified atom stereocenters. The van der Waals surface area contributed by atoms with Crippen molar-refractivity contribution in [2.24, 2.45) is 5.73 Å². The predicted octanol–water partition coefficient (Wildman–Crippen LogP) is 2.14. The second kappa shape index (κ2) is 4.76. The first-order chi connectivity index (χ1) is 7.70. The lowest BCUT2D eigenvalue weighted by atomic mass is 10.1. The van der Waals surface area contributed by atoms with Crippen molar-refractivity contribution in [3.63, 3.8) is 0 Å². The number of nitrogens with zero attached hydrogens (tertiary/aromatic N) is 1. The highest BCUT2D eigenvalue weighted by molar-refractivity contribution is 6.31. The summed E-state index contributed by atoms with van der Waals surface area (Å²) < 4.78 is 5.47. The zero-order chi connectivity index (χ0) is 11.5. The number of morpholine rings is 1. The van der Waals surface area contributed by atoms with Crippen molar-refractivity contribution in [1.29, 1.82) is 0 Å². The molecule has 3 nitrogen and oxygen atoms in total. The van der Waals surface area contributed by atoms with Crippen LogP contribution in [0.25, 0.3) is 0 Å². The molecule has 0 bridgehead atoms. The topological polar surface area (TPSA) is 38.5 Å². The Bertz CT molecular complexity index is 394. The van der Waals surface area contributed by atoms with Gasteiger partial charge in [0.15, 0.2) is 0 Å². The van der Waals surface area contributed by atoms with Crippen molar-refractivity contribution >= 4 is 11.6 Å². The minimum Gasteiger partial charge on any atom is -0.386 e. The summed E-state index contributed by atoms with van der Waals surface area (Å²) in [5.41, 5.74) is 6.82. The summed E-state index contributed by atoms with van der Waals surface area (Å²) in [6.45, 7) is 5.82. The standard InChI is InChI=1S/C12H15ClN2O/c1-9(14)15-6-7-16-8-12(15)10-4-2-3-5-11(10)13/h2-5,12H,1,6-8,14H2. The third-order valence-electron chi connectivity index (χ3n) is 2.76. The van der Waals surface area contributed by atoms with Crippen LogP contribution >= 0.6 is 11.6 Å². The van der Waals surface area contributed by atoms with E-state index in [-0.39, 0.29) is 6.04 Å². The first-order valence-electron chi connectivity index (χ1n) is 5.23. The number of hydrogen-bond acceptors (Lipinski definition) is 3. The zero-order valence-corrected chi connectivity index (χ0v) is 9.78. The van der Waals surface area contributed by atoms with Gasteiger partial charge in [-0.1, -0.05) is 36.4 Å². The van der Waals surface area contributed by atoms with E-state index < -0.39 is 0 Å². The van der Waals surface area contributed by atoms with Crippen molar-refractivity contribution in [3.05, 3.63) is 47.3 Å². The molecule has 0 amide bonds. The summed E-state index contributed by atoms with van der Waals surface area (Å²) in [4.78, 5) is 2.03. The summed E-state index contributed by atoms with van der Waals surface area (Å²) in [5, 5.41) is 0.740. The van der Waals surface area contributed by atoms with Gasteiger partial charge in [-0.2, -0.15) is 0 Å². The summed E-state index contributed by atoms with van der Waals surface area (Å²) in [7, 11) is 0. The molecule has 86 valence electrons. The molecule has 1 heterocycles. The van der Waals surface area contributed by atoms with Gasteiger partial charge in [0.1, 0.15) is 0 Å². The second-order valence-corrected chi connectivity index (χ2v) is 4.20. The highest BCUT2D eigenvalue weighted by atomic mass is 35.5. The Kier molecular flexibility index (Phi) is 3.36. The zero-order valence-electron chi connectivity index (χ0n) is 9.03. The number of ether oxygens (including phenoxy) is 1. The van der Waals surface area contributed by atoms with Crippen molar-refractivity contribution in [1.82, 2.24) is 4.90 Å². The van der Waals surface area contributed by atoms with Crippen LogP contribution in [0.4, 0.5) is 0 Å². The van der Waals surface area contributed by atoms with Crippen LogP contribution in [0.5, 0.6) is 0 Å². The van der Waals surface area contributed by atoms with Crippen LogP contribution in [0.15, 0.2) is 36.7 Å². The quantitative estimate of drug-likeness (QED) is 0.858. The molecule has 1 aliphatic heterocycles. The maximum Gasteiger partial charge on any atom is 0.0919 e. The van der Waals surface area contributed by atoms with Crippen LogP contribution < -0.4 is 5.73 Å². The molecule has 1 fully saturated rings. The van der Waals surface area contributed by atoms with Gasteiger partial charge in [0.2, 0.25) is 0 Å². The number of hydrogen-bond donors (Lipinski definition) is 1. The summed E-state index contributed by atoms with van der Waals surface area (Å²) in [6, 6.07) is 7.82. The molecule has 0 radical (unpaired) electrons. The van der Waals surface area contributed by atoms with Gasteiger partial charge < -0.3 is 15.4 Å². The van der Waals surface area contributed by atoms with Gasteiger partial charge in [-0.05, 0) is 11.6 Å². The molecule has 0 spiro atoms. The van der Waals surface area contributed by atoms with Gasteiger partial charge in [0.05, 0.1) is 25.1 Å². The van der Waals surface area contributed by atoms with E-state index in [0.29, 0.717) is 19.0 Å². The first kappa shape index (κ1) is 11.3. The predicted molar refractivity (Wildman–Crippen MR) is 65.0 cm³/mol. The van der Waals surface area contributed by atoms with Crippen molar-refractivity contribution < 1.29 is 4.74 Å². The van der Waals surface area contributed by atoms with Gasteiger partial charge >= 0.3 is 0 Å². The molecular formula is C12H15ClN2O. The van der Waals surface area contributed by atoms with Crippen molar-refractivity contribution in [2.45, 2.75) is 6.04 Å². The van der Waals surface area contributed by atoms with Crippen LogP contribution in [0, 0.1) is 0 Å². The van der Waals surface area contributed by atoms with E-state index in [9.17, 15) is 0 Å². The monoisotopic (exact) mass is 238 g/mol. The summed E-state index contributed by atoms with van der Waals surface area (Å²) in [6.07, 6.45) is 0. The molecule has 0 aromatic heterocycles. The first-order valence-corrected chi connectivity index (χ1v) is 5.61. The van der Waals surface area contributed by atoms with E-state index in [4.69, 9.17) is 22.1 Å². The fourth-order valence-corrected chi connectivity index (χ4v) is 2.21. The lowest BCUT2D eigenvalue weighted by molar-refractivity contribution is 0.00865. The number of halogens is 1. The minimum atomic E-state index is 0.0694. The molecule has 0 saturated carbocycles. The Balaban J connectivity index is 2.30. The highest BCUT2D eigenvalue weighted by Gasteiger charge is 2.25. The molecule has 4 heteroatoms. The van der Waals surface area contributed by atoms with E-state index >= 15 is 0 Å². The number of nitrogens with two attached hydrogens (primary N) is 1. The van der Waals surface area contributed by atoms with Gasteiger partial charge in [-0.3, -0.25) is 0 Å². The molecular weight excluding hydrogens is 224 g/mol. The molecule has 2 rings (SSSR count). The Hall–Kier alpha value is -1.19. The van der Waals surface area contributed by atoms with Crippen molar-refractivity contribution in [2.75, 3.05) is 19.8 Å². The Morgan fingerprint density at radius 1 is 1.50 bits per heavy atom.